The predicted octanol–water partition coefficient (Wildman–Crippen LogP) is 5.31. The van der Waals surface area contributed by atoms with E-state index >= 15 is 0 Å². The van der Waals surface area contributed by atoms with Crippen LogP contribution in [-0.4, -0.2) is 31.8 Å². The van der Waals surface area contributed by atoms with Crippen LogP contribution in [0.4, 0.5) is 4.79 Å². The Labute approximate surface area is 202 Å². The molecule has 0 spiro atoms. The molecular weight excluding hydrogens is 426 g/mol. The summed E-state index contributed by atoms with van der Waals surface area (Å²) in [5.41, 5.74) is 3.90. The second kappa shape index (κ2) is 9.37. The lowest BCUT2D eigenvalue weighted by atomic mass is 9.70. The molecule has 0 bridgehead atoms. The van der Waals surface area contributed by atoms with E-state index in [2.05, 4.69) is 66.9 Å². The number of benzene rings is 1. The molecule has 182 valence electrons. The lowest BCUT2D eigenvalue weighted by Gasteiger charge is -2.43. The molecule has 7 nitrogen and oxygen atoms in total. The van der Waals surface area contributed by atoms with Crippen LogP contribution in [-0.2, 0) is 19.5 Å². The molecule has 0 aliphatic heterocycles. The van der Waals surface area contributed by atoms with Gasteiger partial charge in [0, 0.05) is 24.2 Å². The van der Waals surface area contributed by atoms with Gasteiger partial charge in [0.1, 0.15) is 5.82 Å². The normalized spacial score (nSPS) is 17.4. The fourth-order valence-electron chi connectivity index (χ4n) is 5.67. The van der Waals surface area contributed by atoms with Crippen LogP contribution in [0.5, 0.6) is 0 Å². The maximum absolute atomic E-state index is 11.6. The van der Waals surface area contributed by atoms with Crippen molar-refractivity contribution in [3.05, 3.63) is 59.7 Å². The van der Waals surface area contributed by atoms with Crippen LogP contribution >= 0.6 is 0 Å². The number of nitrogens with one attached hydrogen (secondary N) is 2. The summed E-state index contributed by atoms with van der Waals surface area (Å²) in [6.07, 6.45) is 4.17. The molecule has 0 saturated carbocycles. The number of imidazole rings is 1. The number of fused-ring (bicyclic) bond motifs is 2. The van der Waals surface area contributed by atoms with Crippen molar-refractivity contribution in [2.45, 2.75) is 79.1 Å². The van der Waals surface area contributed by atoms with Crippen LogP contribution in [0.15, 0.2) is 42.6 Å². The summed E-state index contributed by atoms with van der Waals surface area (Å²) in [5, 5.41) is 16.0. The average molecular weight is 464 g/mol. The average Bonchev–Trinajstić information content (AvgIpc) is 3.12. The van der Waals surface area contributed by atoms with Crippen LogP contribution in [0.3, 0.4) is 0 Å². The van der Waals surface area contributed by atoms with Crippen molar-refractivity contribution in [2.75, 3.05) is 0 Å². The van der Waals surface area contributed by atoms with Gasteiger partial charge >= 0.3 is 6.09 Å². The summed E-state index contributed by atoms with van der Waals surface area (Å²) in [7, 11) is 0. The van der Waals surface area contributed by atoms with Crippen molar-refractivity contribution in [2.24, 2.45) is 10.8 Å². The molecule has 1 aromatic carbocycles. The Hall–Kier alpha value is -2.93. The van der Waals surface area contributed by atoms with Crippen LogP contribution in [0, 0.1) is 10.8 Å². The fraction of sp³-hybridized carbons (Fsp3) is 0.519. The number of rotatable bonds is 7. The Morgan fingerprint density at radius 2 is 1.94 bits per heavy atom. The van der Waals surface area contributed by atoms with Gasteiger partial charge in [-0.2, -0.15) is 0 Å². The summed E-state index contributed by atoms with van der Waals surface area (Å²) in [5.74, 6) is 0.959. The molecule has 7 heteroatoms. The molecule has 2 aromatic heterocycles. The summed E-state index contributed by atoms with van der Waals surface area (Å²) >= 11 is 0. The predicted molar refractivity (Wildman–Crippen MR) is 135 cm³/mol. The van der Waals surface area contributed by atoms with Crippen LogP contribution in [0.2, 0.25) is 0 Å². The van der Waals surface area contributed by atoms with E-state index in [0.717, 1.165) is 41.8 Å². The van der Waals surface area contributed by atoms with Gasteiger partial charge in [-0.3, -0.25) is 4.98 Å². The van der Waals surface area contributed by atoms with E-state index in [9.17, 15) is 9.90 Å². The number of hydrogen-bond acceptors (Lipinski definition) is 4. The lowest BCUT2D eigenvalue weighted by Crippen LogP contribution is -2.53. The number of aryl methyl sites for hydroxylation is 1. The third kappa shape index (κ3) is 5.09. The number of aromatic nitrogens is 3. The standard InChI is InChI=1S/C27H37N5O2/c1-26(2,3)24(31-25(33)34)27(4,5)17-32-21-14-7-6-12-19(21)30-22(32)16-29-20-13-8-10-18-11-9-15-28-23(18)20/h6-7,9,11-12,14-15,20,24,29,31H,8,10,13,16-17H2,1-5H3,(H,33,34). The third-order valence-electron chi connectivity index (χ3n) is 6.92. The van der Waals surface area contributed by atoms with E-state index in [1.54, 1.807) is 0 Å². The molecule has 1 aliphatic rings. The van der Waals surface area contributed by atoms with E-state index in [0.29, 0.717) is 13.1 Å². The van der Waals surface area contributed by atoms with Gasteiger partial charge in [-0.25, -0.2) is 9.78 Å². The maximum atomic E-state index is 11.6. The summed E-state index contributed by atoms with van der Waals surface area (Å²) in [6, 6.07) is 12.3. The van der Waals surface area contributed by atoms with Crippen molar-refractivity contribution < 1.29 is 9.90 Å². The van der Waals surface area contributed by atoms with E-state index in [1.165, 1.54) is 5.56 Å². The minimum Gasteiger partial charge on any atom is -0.465 e. The highest BCUT2D eigenvalue weighted by Crippen LogP contribution is 2.37. The number of amides is 1. The van der Waals surface area contributed by atoms with E-state index in [-0.39, 0.29) is 22.9 Å². The fourth-order valence-corrected chi connectivity index (χ4v) is 5.67. The highest BCUT2D eigenvalue weighted by atomic mass is 16.4. The van der Waals surface area contributed by atoms with Gasteiger partial charge in [0.05, 0.1) is 29.3 Å². The van der Waals surface area contributed by atoms with Gasteiger partial charge in [0.2, 0.25) is 0 Å². The minimum absolute atomic E-state index is 0.210. The molecule has 3 aromatic rings. The molecule has 4 rings (SSSR count). The Morgan fingerprint density at radius 1 is 1.18 bits per heavy atom. The molecule has 0 radical (unpaired) electrons. The number of carboxylic acid groups (broad SMARTS) is 1. The number of para-hydroxylation sites is 2. The molecule has 1 aliphatic carbocycles. The molecule has 0 saturated heterocycles. The molecule has 2 atom stereocenters. The molecule has 2 unspecified atom stereocenters. The summed E-state index contributed by atoms with van der Waals surface area (Å²) < 4.78 is 2.26. The van der Waals surface area contributed by atoms with Gasteiger partial charge in [-0.1, -0.05) is 52.8 Å². The summed E-state index contributed by atoms with van der Waals surface area (Å²) in [4.78, 5) is 21.2. The highest BCUT2D eigenvalue weighted by Gasteiger charge is 2.40. The molecule has 34 heavy (non-hydrogen) atoms. The van der Waals surface area contributed by atoms with E-state index < -0.39 is 6.09 Å². The van der Waals surface area contributed by atoms with Crippen LogP contribution in [0.25, 0.3) is 11.0 Å². The van der Waals surface area contributed by atoms with Crippen molar-refractivity contribution in [3.63, 3.8) is 0 Å². The van der Waals surface area contributed by atoms with Gasteiger partial charge in [-0.15, -0.1) is 0 Å². The number of pyridine rings is 1. The number of carbonyl (C=O) groups is 1. The van der Waals surface area contributed by atoms with Crippen molar-refractivity contribution in [3.8, 4) is 0 Å². The van der Waals surface area contributed by atoms with Crippen molar-refractivity contribution in [1.82, 2.24) is 25.2 Å². The molecule has 3 N–H and O–H groups in total. The highest BCUT2D eigenvalue weighted by molar-refractivity contribution is 5.76. The summed E-state index contributed by atoms with van der Waals surface area (Å²) in [6.45, 7) is 11.8. The second-order valence-corrected chi connectivity index (χ2v) is 11.2. The third-order valence-corrected chi connectivity index (χ3v) is 6.92. The zero-order valence-electron chi connectivity index (χ0n) is 20.9. The largest absolute Gasteiger partial charge is 0.465 e. The molecular formula is C27H37N5O2. The maximum Gasteiger partial charge on any atom is 0.404 e. The smallest absolute Gasteiger partial charge is 0.404 e. The zero-order valence-corrected chi connectivity index (χ0v) is 20.9. The number of hydrogen-bond donors (Lipinski definition) is 3. The van der Waals surface area contributed by atoms with Crippen molar-refractivity contribution in [1.29, 1.82) is 0 Å². The topological polar surface area (TPSA) is 92.1 Å². The minimum atomic E-state index is -0.992. The van der Waals surface area contributed by atoms with Gasteiger partial charge in [-0.05, 0) is 48.4 Å². The van der Waals surface area contributed by atoms with Crippen molar-refractivity contribution >= 4 is 17.1 Å². The lowest BCUT2D eigenvalue weighted by molar-refractivity contribution is 0.0990. The number of nitrogens with zero attached hydrogens (tertiary/aromatic N) is 3. The first-order chi connectivity index (χ1) is 16.1. The van der Waals surface area contributed by atoms with Gasteiger partial charge in [0.25, 0.3) is 0 Å². The Balaban J connectivity index is 1.64. The second-order valence-electron chi connectivity index (χ2n) is 11.2. The Bertz CT molecular complexity index is 1160. The Kier molecular flexibility index (Phi) is 6.67. The molecule has 1 amide bonds. The van der Waals surface area contributed by atoms with Crippen LogP contribution in [0.1, 0.15) is 70.6 Å². The van der Waals surface area contributed by atoms with E-state index in [4.69, 9.17) is 4.98 Å². The molecule has 0 fully saturated rings. The van der Waals surface area contributed by atoms with E-state index in [1.807, 2.05) is 30.5 Å². The zero-order chi connectivity index (χ0) is 24.5. The Morgan fingerprint density at radius 3 is 2.68 bits per heavy atom. The van der Waals surface area contributed by atoms with Crippen LogP contribution < -0.4 is 10.6 Å². The monoisotopic (exact) mass is 463 g/mol. The first kappa shape index (κ1) is 24.2. The van der Waals surface area contributed by atoms with Gasteiger partial charge < -0.3 is 20.3 Å². The molecule has 2 heterocycles. The SMILES string of the molecule is CC(C)(C)C(NC(=O)O)C(C)(C)Cn1c(CNC2CCCc3cccnc32)nc2ccccc21. The van der Waals surface area contributed by atoms with Gasteiger partial charge in [0.15, 0.2) is 0 Å². The first-order valence-electron chi connectivity index (χ1n) is 12.2. The quantitative estimate of drug-likeness (QED) is 0.442. The first-order valence-corrected chi connectivity index (χ1v) is 12.2.